The molecular formula is C15H24N2O3. The number of nitrogens with zero attached hydrogens (tertiary/aromatic N) is 1. The minimum absolute atomic E-state index is 0.615. The largest absolute Gasteiger partial charge is 0.494 e. The number of benzene rings is 1. The highest BCUT2D eigenvalue weighted by Crippen LogP contribution is 2.19. The van der Waals surface area contributed by atoms with E-state index in [-0.39, 0.29) is 0 Å². The van der Waals surface area contributed by atoms with Crippen molar-refractivity contribution in [2.24, 2.45) is 0 Å². The molecule has 20 heavy (non-hydrogen) atoms. The topological polar surface area (TPSA) is 61.8 Å². The molecule has 0 saturated carbocycles. The fourth-order valence-electron chi connectivity index (χ4n) is 1.78. The summed E-state index contributed by atoms with van der Waals surface area (Å²) >= 11 is 0. The number of carbonyl (C=O) groups is 1. The minimum atomic E-state index is -0.878. The van der Waals surface area contributed by atoms with Gasteiger partial charge in [-0.1, -0.05) is 19.1 Å². The Morgan fingerprint density at radius 1 is 1.45 bits per heavy atom. The van der Waals surface area contributed by atoms with Gasteiger partial charge in [-0.05, 0) is 38.2 Å². The second-order valence-electron chi connectivity index (χ2n) is 4.95. The predicted octanol–water partition coefficient (Wildman–Crippen LogP) is 1.75. The smallest absolute Gasteiger partial charge is 0.325 e. The van der Waals surface area contributed by atoms with Gasteiger partial charge in [0, 0.05) is 13.1 Å². The van der Waals surface area contributed by atoms with Gasteiger partial charge < -0.3 is 14.7 Å². The maximum atomic E-state index is 11.4. The number of aliphatic carboxylic acids is 1. The molecule has 0 spiro atoms. The zero-order chi connectivity index (χ0) is 15.0. The van der Waals surface area contributed by atoms with Crippen LogP contribution in [0.1, 0.15) is 24.9 Å². The highest BCUT2D eigenvalue weighted by Gasteiger charge is 2.19. The first kappa shape index (κ1) is 16.5. The van der Waals surface area contributed by atoms with Crippen molar-refractivity contribution in [3.05, 3.63) is 29.8 Å². The summed E-state index contributed by atoms with van der Waals surface area (Å²) in [5.41, 5.74) is 0.713. The fraction of sp³-hybridized carbons (Fsp3) is 0.533. The van der Waals surface area contributed by atoms with Crippen LogP contribution >= 0.6 is 0 Å². The summed E-state index contributed by atoms with van der Waals surface area (Å²) in [5, 5.41) is 12.4. The van der Waals surface area contributed by atoms with Crippen molar-refractivity contribution in [3.8, 4) is 5.75 Å². The van der Waals surface area contributed by atoms with Crippen LogP contribution in [-0.2, 0) is 4.79 Å². The average molecular weight is 280 g/mol. The van der Waals surface area contributed by atoms with E-state index in [1.807, 2.05) is 38.1 Å². The maximum absolute atomic E-state index is 11.4. The van der Waals surface area contributed by atoms with Gasteiger partial charge in [0.2, 0.25) is 0 Å². The predicted molar refractivity (Wildman–Crippen MR) is 79.2 cm³/mol. The summed E-state index contributed by atoms with van der Waals surface area (Å²) in [6.45, 7) is 4.07. The fourth-order valence-corrected chi connectivity index (χ4v) is 1.78. The molecule has 1 atom stereocenters. The third-order valence-corrected chi connectivity index (χ3v) is 2.82. The molecule has 0 bridgehead atoms. The third-order valence-electron chi connectivity index (χ3n) is 2.82. The molecule has 1 aromatic rings. The Kier molecular flexibility index (Phi) is 7.04. The SMILES string of the molecule is CCCOc1cccc(C(NCCN(C)C)C(=O)O)c1. The normalized spacial score (nSPS) is 12.4. The van der Waals surface area contributed by atoms with E-state index in [1.54, 1.807) is 12.1 Å². The van der Waals surface area contributed by atoms with Gasteiger partial charge in [-0.25, -0.2) is 0 Å². The molecule has 0 aliphatic heterocycles. The molecule has 1 rings (SSSR count). The molecule has 2 N–H and O–H groups in total. The van der Waals surface area contributed by atoms with Crippen molar-refractivity contribution in [2.75, 3.05) is 33.8 Å². The Labute approximate surface area is 120 Å². The molecule has 5 nitrogen and oxygen atoms in total. The van der Waals surface area contributed by atoms with Crippen molar-refractivity contribution in [1.82, 2.24) is 10.2 Å². The van der Waals surface area contributed by atoms with E-state index in [0.29, 0.717) is 24.5 Å². The van der Waals surface area contributed by atoms with Crippen LogP contribution in [0.25, 0.3) is 0 Å². The highest BCUT2D eigenvalue weighted by molar-refractivity contribution is 5.75. The zero-order valence-corrected chi connectivity index (χ0v) is 12.4. The first-order chi connectivity index (χ1) is 9.54. The molecule has 0 fully saturated rings. The summed E-state index contributed by atoms with van der Waals surface area (Å²) in [7, 11) is 3.91. The number of hydrogen-bond acceptors (Lipinski definition) is 4. The van der Waals surface area contributed by atoms with Gasteiger partial charge in [0.15, 0.2) is 0 Å². The van der Waals surface area contributed by atoms with E-state index in [2.05, 4.69) is 5.32 Å². The monoisotopic (exact) mass is 280 g/mol. The second kappa shape index (κ2) is 8.55. The average Bonchev–Trinajstić information content (AvgIpc) is 2.41. The van der Waals surface area contributed by atoms with Crippen molar-refractivity contribution >= 4 is 5.97 Å². The number of hydrogen-bond donors (Lipinski definition) is 2. The number of carboxylic acids is 1. The summed E-state index contributed by atoms with van der Waals surface area (Å²) in [5.74, 6) is -0.165. The van der Waals surface area contributed by atoms with Crippen LogP contribution in [-0.4, -0.2) is 49.8 Å². The Hall–Kier alpha value is -1.59. The Morgan fingerprint density at radius 3 is 2.80 bits per heavy atom. The summed E-state index contributed by atoms with van der Waals surface area (Å²) in [4.78, 5) is 13.4. The molecule has 0 radical (unpaired) electrons. The van der Waals surface area contributed by atoms with Crippen LogP contribution < -0.4 is 10.1 Å². The number of ether oxygens (including phenoxy) is 1. The summed E-state index contributed by atoms with van der Waals surface area (Å²) in [6.07, 6.45) is 0.924. The molecule has 0 aromatic heterocycles. The van der Waals surface area contributed by atoms with E-state index < -0.39 is 12.0 Å². The van der Waals surface area contributed by atoms with Crippen molar-refractivity contribution in [1.29, 1.82) is 0 Å². The zero-order valence-electron chi connectivity index (χ0n) is 12.4. The molecule has 1 aromatic carbocycles. The van der Waals surface area contributed by atoms with Gasteiger partial charge in [-0.2, -0.15) is 0 Å². The summed E-state index contributed by atoms with van der Waals surface area (Å²) < 4.78 is 5.54. The highest BCUT2D eigenvalue weighted by atomic mass is 16.5. The minimum Gasteiger partial charge on any atom is -0.494 e. The van der Waals surface area contributed by atoms with Crippen molar-refractivity contribution in [3.63, 3.8) is 0 Å². The third kappa shape index (κ3) is 5.59. The molecule has 0 amide bonds. The lowest BCUT2D eigenvalue weighted by Crippen LogP contribution is -2.33. The van der Waals surface area contributed by atoms with E-state index >= 15 is 0 Å². The summed E-state index contributed by atoms with van der Waals surface area (Å²) in [6, 6.07) is 6.55. The van der Waals surface area contributed by atoms with E-state index in [4.69, 9.17) is 4.74 Å². The lowest BCUT2D eigenvalue weighted by Gasteiger charge is -2.17. The quantitative estimate of drug-likeness (QED) is 0.721. The Morgan fingerprint density at radius 2 is 2.20 bits per heavy atom. The van der Waals surface area contributed by atoms with Gasteiger partial charge >= 0.3 is 5.97 Å². The molecule has 0 saturated heterocycles. The standard InChI is InChI=1S/C15H24N2O3/c1-4-10-20-13-7-5-6-12(11-13)14(15(18)19)16-8-9-17(2)3/h5-7,11,14,16H,4,8-10H2,1-3H3,(H,18,19). The van der Waals surface area contributed by atoms with Gasteiger partial charge in [0.05, 0.1) is 6.61 Å². The van der Waals surface area contributed by atoms with E-state index in [0.717, 1.165) is 13.0 Å². The first-order valence-corrected chi connectivity index (χ1v) is 6.88. The lowest BCUT2D eigenvalue weighted by atomic mass is 10.1. The van der Waals surface area contributed by atoms with Crippen LogP contribution in [0, 0.1) is 0 Å². The van der Waals surface area contributed by atoms with Gasteiger partial charge in [0.25, 0.3) is 0 Å². The van der Waals surface area contributed by atoms with Crippen LogP contribution in [0.15, 0.2) is 24.3 Å². The van der Waals surface area contributed by atoms with Crippen LogP contribution in [0.5, 0.6) is 5.75 Å². The number of likely N-dealkylation sites (N-methyl/N-ethyl adjacent to an activating group) is 1. The molecule has 0 aliphatic rings. The van der Waals surface area contributed by atoms with Crippen molar-refractivity contribution < 1.29 is 14.6 Å². The maximum Gasteiger partial charge on any atom is 0.325 e. The van der Waals surface area contributed by atoms with Gasteiger partial charge in [-0.3, -0.25) is 10.1 Å². The van der Waals surface area contributed by atoms with E-state index in [1.165, 1.54) is 0 Å². The Bertz CT molecular complexity index is 421. The molecule has 112 valence electrons. The number of nitrogens with one attached hydrogen (secondary N) is 1. The first-order valence-electron chi connectivity index (χ1n) is 6.88. The van der Waals surface area contributed by atoms with Crippen molar-refractivity contribution in [2.45, 2.75) is 19.4 Å². The van der Waals surface area contributed by atoms with Gasteiger partial charge in [-0.15, -0.1) is 0 Å². The molecule has 0 heterocycles. The second-order valence-corrected chi connectivity index (χ2v) is 4.95. The molecule has 1 unspecified atom stereocenters. The number of carboxylic acid groups (broad SMARTS) is 1. The van der Waals surface area contributed by atoms with Crippen LogP contribution in [0.4, 0.5) is 0 Å². The van der Waals surface area contributed by atoms with Crippen LogP contribution in [0.3, 0.4) is 0 Å². The van der Waals surface area contributed by atoms with E-state index in [9.17, 15) is 9.90 Å². The molecule has 0 aliphatic carbocycles. The lowest BCUT2D eigenvalue weighted by molar-refractivity contribution is -0.139. The Balaban J connectivity index is 2.72. The molecule has 5 heteroatoms. The molecular weight excluding hydrogens is 256 g/mol. The van der Waals surface area contributed by atoms with Crippen LogP contribution in [0.2, 0.25) is 0 Å². The van der Waals surface area contributed by atoms with Gasteiger partial charge in [0.1, 0.15) is 11.8 Å². The number of rotatable bonds is 9.